The van der Waals surface area contributed by atoms with Gasteiger partial charge in [0.2, 0.25) is 5.91 Å². The third-order valence-electron chi connectivity index (χ3n) is 3.38. The van der Waals surface area contributed by atoms with Crippen LogP contribution in [0.2, 0.25) is 10.0 Å². The summed E-state index contributed by atoms with van der Waals surface area (Å²) in [5.74, 6) is -0.380. The molecule has 0 heterocycles. The Kier molecular flexibility index (Phi) is 5.81. The Labute approximate surface area is 139 Å². The lowest BCUT2D eigenvalue weighted by atomic mass is 10.1. The standard InChI is InChI=1S/C17H16Cl2FNO/c1-11-5-6-12(9-15(11)20)10-21-16(22)8-7-13-3-2-4-14(18)17(13)19/h2-6,9H,7-8,10H2,1H3,(H,21,22). The molecule has 5 heteroatoms. The van der Waals surface area contributed by atoms with Crippen LogP contribution in [0.25, 0.3) is 0 Å². The van der Waals surface area contributed by atoms with E-state index in [0.29, 0.717) is 35.0 Å². The van der Waals surface area contributed by atoms with Crippen LogP contribution in [0.4, 0.5) is 4.39 Å². The van der Waals surface area contributed by atoms with Crippen molar-refractivity contribution in [2.45, 2.75) is 26.3 Å². The third-order valence-corrected chi connectivity index (χ3v) is 4.24. The zero-order valence-electron chi connectivity index (χ0n) is 12.1. The van der Waals surface area contributed by atoms with Crippen LogP contribution in [-0.2, 0) is 17.8 Å². The van der Waals surface area contributed by atoms with Crippen LogP contribution in [0.15, 0.2) is 36.4 Å². The van der Waals surface area contributed by atoms with E-state index in [-0.39, 0.29) is 11.7 Å². The minimum Gasteiger partial charge on any atom is -0.352 e. The SMILES string of the molecule is Cc1ccc(CNC(=O)CCc2cccc(Cl)c2Cl)cc1F. The molecule has 22 heavy (non-hydrogen) atoms. The summed E-state index contributed by atoms with van der Waals surface area (Å²) in [6, 6.07) is 10.3. The molecule has 0 spiro atoms. The summed E-state index contributed by atoms with van der Waals surface area (Å²) in [6.45, 7) is 2.01. The number of aryl methyl sites for hydroxylation is 2. The lowest BCUT2D eigenvalue weighted by Gasteiger charge is -2.08. The van der Waals surface area contributed by atoms with Crippen molar-refractivity contribution in [3.8, 4) is 0 Å². The van der Waals surface area contributed by atoms with Crippen molar-refractivity contribution in [3.05, 3.63) is 69.0 Å². The van der Waals surface area contributed by atoms with E-state index in [0.717, 1.165) is 11.1 Å². The zero-order chi connectivity index (χ0) is 16.1. The largest absolute Gasteiger partial charge is 0.352 e. The predicted octanol–water partition coefficient (Wildman–Crippen LogP) is 4.69. The first-order valence-electron chi connectivity index (χ1n) is 6.92. The highest BCUT2D eigenvalue weighted by atomic mass is 35.5. The number of carbonyl (C=O) groups excluding carboxylic acids is 1. The second-order valence-electron chi connectivity index (χ2n) is 5.07. The van der Waals surface area contributed by atoms with Crippen molar-refractivity contribution in [3.63, 3.8) is 0 Å². The van der Waals surface area contributed by atoms with Gasteiger partial charge in [-0.2, -0.15) is 0 Å². The number of rotatable bonds is 5. The average molecular weight is 340 g/mol. The lowest BCUT2D eigenvalue weighted by molar-refractivity contribution is -0.121. The van der Waals surface area contributed by atoms with Crippen LogP contribution in [0, 0.1) is 12.7 Å². The van der Waals surface area contributed by atoms with Crippen LogP contribution in [-0.4, -0.2) is 5.91 Å². The highest BCUT2D eigenvalue weighted by Crippen LogP contribution is 2.26. The maximum atomic E-state index is 13.4. The molecule has 2 rings (SSSR count). The summed E-state index contributed by atoms with van der Waals surface area (Å²) in [5, 5.41) is 3.73. The first kappa shape index (κ1) is 16.8. The van der Waals surface area contributed by atoms with Crippen molar-refractivity contribution in [2.24, 2.45) is 0 Å². The van der Waals surface area contributed by atoms with Crippen LogP contribution in [0.5, 0.6) is 0 Å². The first-order valence-corrected chi connectivity index (χ1v) is 7.67. The number of hydrogen-bond donors (Lipinski definition) is 1. The molecular formula is C17H16Cl2FNO. The monoisotopic (exact) mass is 339 g/mol. The van der Waals surface area contributed by atoms with Gasteiger partial charge in [0, 0.05) is 13.0 Å². The molecule has 2 nitrogen and oxygen atoms in total. The van der Waals surface area contributed by atoms with Crippen molar-refractivity contribution >= 4 is 29.1 Å². The van der Waals surface area contributed by atoms with E-state index in [4.69, 9.17) is 23.2 Å². The van der Waals surface area contributed by atoms with E-state index in [1.54, 1.807) is 31.2 Å². The van der Waals surface area contributed by atoms with E-state index in [2.05, 4.69) is 5.32 Å². The van der Waals surface area contributed by atoms with Gasteiger partial charge >= 0.3 is 0 Å². The second kappa shape index (κ2) is 7.61. The fourth-order valence-corrected chi connectivity index (χ4v) is 2.44. The molecule has 0 aliphatic carbocycles. The molecule has 0 saturated carbocycles. The van der Waals surface area contributed by atoms with Crippen LogP contribution in [0.1, 0.15) is 23.1 Å². The minimum atomic E-state index is -0.266. The third kappa shape index (κ3) is 4.46. The van der Waals surface area contributed by atoms with Gasteiger partial charge in [-0.25, -0.2) is 4.39 Å². The lowest BCUT2D eigenvalue weighted by Crippen LogP contribution is -2.23. The molecule has 0 saturated heterocycles. The van der Waals surface area contributed by atoms with Crippen molar-refractivity contribution < 1.29 is 9.18 Å². The number of nitrogens with one attached hydrogen (secondary N) is 1. The summed E-state index contributed by atoms with van der Waals surface area (Å²) in [7, 11) is 0. The molecule has 0 aliphatic rings. The van der Waals surface area contributed by atoms with E-state index in [1.807, 2.05) is 6.07 Å². The van der Waals surface area contributed by atoms with E-state index in [1.165, 1.54) is 6.07 Å². The van der Waals surface area contributed by atoms with E-state index >= 15 is 0 Å². The van der Waals surface area contributed by atoms with Crippen molar-refractivity contribution in [1.82, 2.24) is 5.32 Å². The fourth-order valence-electron chi connectivity index (χ4n) is 2.03. The summed E-state index contributed by atoms with van der Waals surface area (Å²) in [5.41, 5.74) is 2.16. The summed E-state index contributed by atoms with van der Waals surface area (Å²) in [4.78, 5) is 11.9. The van der Waals surface area contributed by atoms with Crippen LogP contribution < -0.4 is 5.32 Å². The van der Waals surface area contributed by atoms with Gasteiger partial charge in [-0.05, 0) is 42.2 Å². The number of amides is 1. The molecule has 1 amide bonds. The molecule has 2 aromatic carbocycles. The van der Waals surface area contributed by atoms with Gasteiger partial charge in [-0.1, -0.05) is 47.5 Å². The van der Waals surface area contributed by atoms with E-state index < -0.39 is 0 Å². The zero-order valence-corrected chi connectivity index (χ0v) is 13.6. The summed E-state index contributed by atoms with van der Waals surface area (Å²) >= 11 is 12.0. The Hall–Kier alpha value is -1.58. The quantitative estimate of drug-likeness (QED) is 0.841. The average Bonchev–Trinajstić information content (AvgIpc) is 2.50. The molecule has 0 aliphatic heterocycles. The van der Waals surface area contributed by atoms with Crippen LogP contribution in [0.3, 0.4) is 0 Å². The molecule has 1 N–H and O–H groups in total. The second-order valence-corrected chi connectivity index (χ2v) is 5.86. The van der Waals surface area contributed by atoms with Gasteiger partial charge in [0.15, 0.2) is 0 Å². The molecular weight excluding hydrogens is 324 g/mol. The Bertz CT molecular complexity index is 688. The molecule has 0 unspecified atom stereocenters. The van der Waals surface area contributed by atoms with Crippen molar-refractivity contribution in [2.75, 3.05) is 0 Å². The smallest absolute Gasteiger partial charge is 0.220 e. The van der Waals surface area contributed by atoms with Crippen LogP contribution >= 0.6 is 23.2 Å². The fraction of sp³-hybridized carbons (Fsp3) is 0.235. The van der Waals surface area contributed by atoms with Gasteiger partial charge in [-0.15, -0.1) is 0 Å². The predicted molar refractivity (Wildman–Crippen MR) is 87.8 cm³/mol. The molecule has 0 atom stereocenters. The molecule has 0 aromatic heterocycles. The van der Waals surface area contributed by atoms with Gasteiger partial charge in [0.05, 0.1) is 10.0 Å². The Balaban J connectivity index is 1.85. The molecule has 116 valence electrons. The maximum absolute atomic E-state index is 13.4. The van der Waals surface area contributed by atoms with Gasteiger partial charge < -0.3 is 5.32 Å². The normalized spacial score (nSPS) is 10.5. The molecule has 0 radical (unpaired) electrons. The molecule has 0 bridgehead atoms. The van der Waals surface area contributed by atoms with Gasteiger partial charge in [0.25, 0.3) is 0 Å². The summed E-state index contributed by atoms with van der Waals surface area (Å²) < 4.78 is 13.4. The van der Waals surface area contributed by atoms with Crippen molar-refractivity contribution in [1.29, 1.82) is 0 Å². The Morgan fingerprint density at radius 1 is 1.23 bits per heavy atom. The number of halogens is 3. The molecule has 0 fully saturated rings. The number of hydrogen-bond acceptors (Lipinski definition) is 1. The highest BCUT2D eigenvalue weighted by Gasteiger charge is 2.08. The maximum Gasteiger partial charge on any atom is 0.220 e. The van der Waals surface area contributed by atoms with Gasteiger partial charge in [-0.3, -0.25) is 4.79 Å². The van der Waals surface area contributed by atoms with Gasteiger partial charge in [0.1, 0.15) is 5.82 Å². The minimum absolute atomic E-state index is 0.114. The summed E-state index contributed by atoms with van der Waals surface area (Å²) in [6.07, 6.45) is 0.807. The first-order chi connectivity index (χ1) is 10.5. The van der Waals surface area contributed by atoms with E-state index in [9.17, 15) is 9.18 Å². The molecule has 2 aromatic rings. The Morgan fingerprint density at radius 3 is 2.73 bits per heavy atom. The number of benzene rings is 2. The highest BCUT2D eigenvalue weighted by molar-refractivity contribution is 6.42. The Morgan fingerprint density at radius 2 is 2.00 bits per heavy atom. The topological polar surface area (TPSA) is 29.1 Å². The number of carbonyl (C=O) groups is 1.